The summed E-state index contributed by atoms with van der Waals surface area (Å²) in [6, 6.07) is 5.74. The molecule has 1 aliphatic rings. The highest BCUT2D eigenvalue weighted by molar-refractivity contribution is 6.42. The number of hydrogen-bond acceptors (Lipinski definition) is 1. The van der Waals surface area contributed by atoms with E-state index in [1.54, 1.807) is 0 Å². The van der Waals surface area contributed by atoms with Gasteiger partial charge in [0.2, 0.25) is 0 Å². The summed E-state index contributed by atoms with van der Waals surface area (Å²) < 4.78 is 0. The van der Waals surface area contributed by atoms with E-state index in [2.05, 4.69) is 11.9 Å². The fourth-order valence-electron chi connectivity index (χ4n) is 2.77. The van der Waals surface area contributed by atoms with Crippen LogP contribution in [0.25, 0.3) is 0 Å². The molecule has 0 radical (unpaired) electrons. The van der Waals surface area contributed by atoms with Crippen LogP contribution in [0, 0.1) is 0 Å². The van der Waals surface area contributed by atoms with Gasteiger partial charge in [-0.2, -0.15) is 0 Å². The lowest BCUT2D eigenvalue weighted by molar-refractivity contribution is 0.326. The van der Waals surface area contributed by atoms with Crippen molar-refractivity contribution < 1.29 is 0 Å². The normalized spacial score (nSPS) is 18.3. The first-order valence-corrected chi connectivity index (χ1v) is 7.25. The van der Waals surface area contributed by atoms with Crippen LogP contribution in [0.4, 0.5) is 5.69 Å². The minimum atomic E-state index is 0.150. The van der Waals surface area contributed by atoms with E-state index >= 15 is 0 Å². The topological polar surface area (TPSA) is 12.0 Å². The van der Waals surface area contributed by atoms with Gasteiger partial charge >= 0.3 is 0 Å². The SMILES string of the molecule is C=CCC1(Nc2ccc(Cl)c(Cl)c2)CCCCC1. The van der Waals surface area contributed by atoms with Crippen molar-refractivity contribution in [3.05, 3.63) is 40.9 Å². The van der Waals surface area contributed by atoms with Gasteiger partial charge in [0, 0.05) is 11.2 Å². The van der Waals surface area contributed by atoms with Crippen LogP contribution in [0.15, 0.2) is 30.9 Å². The third-order valence-corrected chi connectivity index (χ3v) is 4.41. The molecule has 1 N–H and O–H groups in total. The number of halogens is 2. The molecular weight excluding hydrogens is 265 g/mol. The second kappa shape index (κ2) is 5.99. The van der Waals surface area contributed by atoms with Crippen molar-refractivity contribution in [2.75, 3.05) is 5.32 Å². The van der Waals surface area contributed by atoms with Gasteiger partial charge in [-0.15, -0.1) is 6.58 Å². The Morgan fingerprint density at radius 1 is 1.17 bits per heavy atom. The van der Waals surface area contributed by atoms with E-state index in [-0.39, 0.29) is 5.54 Å². The maximum atomic E-state index is 6.06. The summed E-state index contributed by atoms with van der Waals surface area (Å²) in [7, 11) is 0. The number of rotatable bonds is 4. The zero-order valence-electron chi connectivity index (χ0n) is 10.5. The van der Waals surface area contributed by atoms with Gasteiger partial charge in [-0.1, -0.05) is 48.5 Å². The van der Waals surface area contributed by atoms with Gasteiger partial charge in [0.05, 0.1) is 10.0 Å². The predicted molar refractivity (Wildman–Crippen MR) is 80.7 cm³/mol. The van der Waals surface area contributed by atoms with E-state index in [1.807, 2.05) is 24.3 Å². The van der Waals surface area contributed by atoms with E-state index < -0.39 is 0 Å². The average molecular weight is 284 g/mol. The van der Waals surface area contributed by atoms with Crippen molar-refractivity contribution in [1.29, 1.82) is 0 Å². The van der Waals surface area contributed by atoms with Crippen LogP contribution in [0.1, 0.15) is 38.5 Å². The minimum absolute atomic E-state index is 0.150. The quantitative estimate of drug-likeness (QED) is 0.701. The lowest BCUT2D eigenvalue weighted by Gasteiger charge is -2.38. The van der Waals surface area contributed by atoms with Crippen molar-refractivity contribution in [1.82, 2.24) is 0 Å². The highest BCUT2D eigenvalue weighted by Crippen LogP contribution is 2.36. The molecule has 0 spiro atoms. The number of nitrogens with one attached hydrogen (secondary N) is 1. The summed E-state index contributed by atoms with van der Waals surface area (Å²) in [5, 5.41) is 4.85. The van der Waals surface area contributed by atoms with Crippen molar-refractivity contribution >= 4 is 28.9 Å². The maximum absolute atomic E-state index is 6.06. The van der Waals surface area contributed by atoms with Crippen molar-refractivity contribution in [2.24, 2.45) is 0 Å². The molecule has 0 unspecified atom stereocenters. The van der Waals surface area contributed by atoms with Gasteiger partial charge in [-0.3, -0.25) is 0 Å². The van der Waals surface area contributed by atoms with E-state index in [0.717, 1.165) is 12.1 Å². The molecule has 0 bridgehead atoms. The summed E-state index contributed by atoms with van der Waals surface area (Å²) in [5.74, 6) is 0. The maximum Gasteiger partial charge on any atom is 0.0612 e. The Bertz CT molecular complexity index is 423. The fourth-order valence-corrected chi connectivity index (χ4v) is 3.06. The second-order valence-corrected chi connectivity index (χ2v) is 5.90. The van der Waals surface area contributed by atoms with Crippen molar-refractivity contribution in [2.45, 2.75) is 44.1 Å². The van der Waals surface area contributed by atoms with E-state index in [9.17, 15) is 0 Å². The largest absolute Gasteiger partial charge is 0.379 e. The monoisotopic (exact) mass is 283 g/mol. The van der Waals surface area contributed by atoms with Gasteiger partial charge in [0.25, 0.3) is 0 Å². The van der Waals surface area contributed by atoms with Crippen LogP contribution in [0.3, 0.4) is 0 Å². The lowest BCUT2D eigenvalue weighted by Crippen LogP contribution is -2.39. The van der Waals surface area contributed by atoms with Crippen LogP contribution in [-0.2, 0) is 0 Å². The Morgan fingerprint density at radius 3 is 2.50 bits per heavy atom. The molecule has 0 aliphatic heterocycles. The molecule has 0 aromatic heterocycles. The van der Waals surface area contributed by atoms with Crippen LogP contribution >= 0.6 is 23.2 Å². The number of benzene rings is 1. The molecule has 1 aliphatic carbocycles. The van der Waals surface area contributed by atoms with E-state index in [1.165, 1.54) is 32.1 Å². The van der Waals surface area contributed by atoms with Crippen LogP contribution in [-0.4, -0.2) is 5.54 Å². The first kappa shape index (κ1) is 13.8. The molecule has 1 nitrogen and oxygen atoms in total. The predicted octanol–water partition coefficient (Wildman–Crippen LogP) is 5.68. The molecule has 0 saturated heterocycles. The van der Waals surface area contributed by atoms with Gasteiger partial charge in [-0.25, -0.2) is 0 Å². The molecular formula is C15H19Cl2N. The smallest absolute Gasteiger partial charge is 0.0612 e. The summed E-state index contributed by atoms with van der Waals surface area (Å²) >= 11 is 12.0. The minimum Gasteiger partial charge on any atom is -0.379 e. The third kappa shape index (κ3) is 3.21. The third-order valence-electron chi connectivity index (χ3n) is 3.67. The summed E-state index contributed by atoms with van der Waals surface area (Å²) in [6.45, 7) is 3.89. The van der Waals surface area contributed by atoms with Crippen LogP contribution in [0.5, 0.6) is 0 Å². The highest BCUT2D eigenvalue weighted by atomic mass is 35.5. The van der Waals surface area contributed by atoms with Crippen molar-refractivity contribution in [3.63, 3.8) is 0 Å². The molecule has 2 rings (SSSR count). The van der Waals surface area contributed by atoms with Gasteiger partial charge in [0.1, 0.15) is 0 Å². The van der Waals surface area contributed by atoms with Crippen molar-refractivity contribution in [3.8, 4) is 0 Å². The molecule has 0 amide bonds. The molecule has 18 heavy (non-hydrogen) atoms. The Balaban J connectivity index is 2.17. The number of hydrogen-bond donors (Lipinski definition) is 1. The first-order valence-electron chi connectivity index (χ1n) is 6.49. The molecule has 1 fully saturated rings. The molecule has 98 valence electrons. The molecule has 1 saturated carbocycles. The Morgan fingerprint density at radius 2 is 1.89 bits per heavy atom. The highest BCUT2D eigenvalue weighted by Gasteiger charge is 2.30. The van der Waals surface area contributed by atoms with E-state index in [4.69, 9.17) is 23.2 Å². The summed E-state index contributed by atoms with van der Waals surface area (Å²) in [5.41, 5.74) is 1.20. The first-order chi connectivity index (χ1) is 8.65. The van der Waals surface area contributed by atoms with Gasteiger partial charge in [0.15, 0.2) is 0 Å². The van der Waals surface area contributed by atoms with Gasteiger partial charge in [-0.05, 0) is 37.5 Å². The van der Waals surface area contributed by atoms with Crippen LogP contribution < -0.4 is 5.32 Å². The van der Waals surface area contributed by atoms with Gasteiger partial charge < -0.3 is 5.32 Å². The molecule has 1 aromatic carbocycles. The summed E-state index contributed by atoms with van der Waals surface area (Å²) in [6.07, 6.45) is 9.29. The zero-order chi connectivity index (χ0) is 13.0. The standard InChI is InChI=1S/C15H19Cl2N/c1-2-8-15(9-4-3-5-10-15)18-12-6-7-13(16)14(17)11-12/h2,6-7,11,18H,1,3-5,8-10H2. The Hall–Kier alpha value is -0.660. The zero-order valence-corrected chi connectivity index (χ0v) is 12.0. The second-order valence-electron chi connectivity index (χ2n) is 5.09. The molecule has 3 heteroatoms. The lowest BCUT2D eigenvalue weighted by atomic mass is 9.79. The Labute approximate surface area is 119 Å². The fraction of sp³-hybridized carbons (Fsp3) is 0.467. The van der Waals surface area contributed by atoms with E-state index in [0.29, 0.717) is 10.0 Å². The molecule has 1 aromatic rings. The summed E-state index contributed by atoms with van der Waals surface area (Å²) in [4.78, 5) is 0. The molecule has 0 heterocycles. The molecule has 0 atom stereocenters. The van der Waals surface area contributed by atoms with Crippen LogP contribution in [0.2, 0.25) is 10.0 Å². The average Bonchev–Trinajstić information content (AvgIpc) is 2.35. The Kier molecular flexibility index (Phi) is 4.58. The number of anilines is 1.